The van der Waals surface area contributed by atoms with Gasteiger partial charge in [-0.3, -0.25) is 0 Å². The first-order valence-electron chi connectivity index (χ1n) is 5.67. The summed E-state index contributed by atoms with van der Waals surface area (Å²) in [7, 11) is 0. The molecule has 0 bridgehead atoms. The second-order valence-corrected chi connectivity index (χ2v) is 6.66. The van der Waals surface area contributed by atoms with E-state index in [1.807, 2.05) is 11.3 Å². The molecule has 0 radical (unpaired) electrons. The molecule has 1 N–H and O–H groups in total. The minimum Gasteiger partial charge on any atom is -0.309 e. The van der Waals surface area contributed by atoms with Crippen molar-refractivity contribution in [1.82, 2.24) is 5.32 Å². The number of thiophene rings is 1. The van der Waals surface area contributed by atoms with E-state index >= 15 is 0 Å². The molecule has 1 heterocycles. The van der Waals surface area contributed by atoms with Crippen molar-refractivity contribution in [2.75, 3.05) is 6.54 Å². The molecule has 0 saturated carbocycles. The molecular formula is C13H23NS. The van der Waals surface area contributed by atoms with Crippen molar-refractivity contribution in [3.63, 3.8) is 0 Å². The Morgan fingerprint density at radius 1 is 1.33 bits per heavy atom. The summed E-state index contributed by atoms with van der Waals surface area (Å²) in [5.41, 5.74) is 0.352. The summed E-state index contributed by atoms with van der Waals surface area (Å²) in [6.07, 6.45) is 0. The zero-order valence-electron chi connectivity index (χ0n) is 10.5. The van der Waals surface area contributed by atoms with Gasteiger partial charge in [0.1, 0.15) is 0 Å². The van der Waals surface area contributed by atoms with E-state index in [-0.39, 0.29) is 0 Å². The topological polar surface area (TPSA) is 12.0 Å². The van der Waals surface area contributed by atoms with Gasteiger partial charge >= 0.3 is 0 Å². The molecule has 1 aromatic heterocycles. The van der Waals surface area contributed by atoms with Crippen molar-refractivity contribution < 1.29 is 0 Å². The molecule has 1 atom stereocenters. The van der Waals surface area contributed by atoms with Crippen LogP contribution in [0.1, 0.15) is 45.5 Å². The van der Waals surface area contributed by atoms with E-state index in [4.69, 9.17) is 0 Å². The van der Waals surface area contributed by atoms with Crippen molar-refractivity contribution in [1.29, 1.82) is 0 Å². The maximum absolute atomic E-state index is 3.67. The Bertz CT molecular complexity index is 269. The van der Waals surface area contributed by atoms with Crippen LogP contribution in [0.4, 0.5) is 0 Å². The average molecular weight is 225 g/mol. The lowest BCUT2D eigenvalue weighted by atomic mass is 9.95. The number of hydrogen-bond donors (Lipinski definition) is 1. The lowest BCUT2D eigenvalue weighted by Crippen LogP contribution is -2.32. The van der Waals surface area contributed by atoms with Gasteiger partial charge in [-0.1, -0.05) is 40.7 Å². The molecule has 1 aromatic rings. The van der Waals surface area contributed by atoms with Gasteiger partial charge in [0.05, 0.1) is 0 Å². The highest BCUT2D eigenvalue weighted by molar-refractivity contribution is 7.10. The smallest absolute Gasteiger partial charge is 0.0438 e. The van der Waals surface area contributed by atoms with Gasteiger partial charge in [0.15, 0.2) is 0 Å². The fraction of sp³-hybridized carbons (Fsp3) is 0.692. The molecule has 0 fully saturated rings. The molecule has 0 aliphatic carbocycles. The lowest BCUT2D eigenvalue weighted by Gasteiger charge is -2.26. The van der Waals surface area contributed by atoms with E-state index < -0.39 is 0 Å². The highest BCUT2D eigenvalue weighted by Gasteiger charge is 2.19. The molecule has 1 unspecified atom stereocenters. The monoisotopic (exact) mass is 225 g/mol. The van der Waals surface area contributed by atoms with E-state index in [9.17, 15) is 0 Å². The van der Waals surface area contributed by atoms with Crippen molar-refractivity contribution >= 4 is 11.3 Å². The third-order valence-electron chi connectivity index (χ3n) is 2.37. The minimum absolute atomic E-state index is 0.352. The van der Waals surface area contributed by atoms with Crippen LogP contribution in [0.25, 0.3) is 0 Å². The Kier molecular flexibility index (Phi) is 4.35. The first-order chi connectivity index (χ1) is 6.90. The van der Waals surface area contributed by atoms with E-state index in [1.165, 1.54) is 4.88 Å². The van der Waals surface area contributed by atoms with Gasteiger partial charge in [0, 0.05) is 17.5 Å². The molecular weight excluding hydrogens is 202 g/mol. The Balaban J connectivity index is 2.61. The largest absolute Gasteiger partial charge is 0.309 e. The Hall–Kier alpha value is -0.340. The fourth-order valence-electron chi connectivity index (χ4n) is 1.55. The summed E-state index contributed by atoms with van der Waals surface area (Å²) in [4.78, 5) is 1.45. The van der Waals surface area contributed by atoms with Crippen molar-refractivity contribution in [2.45, 2.75) is 40.7 Å². The minimum atomic E-state index is 0.352. The molecule has 1 rings (SSSR count). The molecule has 1 nitrogen and oxygen atoms in total. The highest BCUT2D eigenvalue weighted by atomic mass is 32.1. The maximum Gasteiger partial charge on any atom is 0.0438 e. The highest BCUT2D eigenvalue weighted by Crippen LogP contribution is 2.26. The number of hydrogen-bond acceptors (Lipinski definition) is 2. The van der Waals surface area contributed by atoms with Gasteiger partial charge in [-0.05, 0) is 22.8 Å². The van der Waals surface area contributed by atoms with E-state index in [0.29, 0.717) is 17.4 Å². The molecule has 86 valence electrons. The normalized spacial score (nSPS) is 14.5. The Labute approximate surface area is 97.9 Å². The number of rotatable bonds is 4. The van der Waals surface area contributed by atoms with Gasteiger partial charge in [0.25, 0.3) is 0 Å². The van der Waals surface area contributed by atoms with E-state index in [2.05, 4.69) is 57.4 Å². The van der Waals surface area contributed by atoms with Crippen LogP contribution in [0.5, 0.6) is 0 Å². The number of nitrogens with one attached hydrogen (secondary N) is 1. The molecule has 0 aromatic carbocycles. The van der Waals surface area contributed by atoms with E-state index in [0.717, 1.165) is 6.54 Å². The molecule has 0 aliphatic heterocycles. The lowest BCUT2D eigenvalue weighted by molar-refractivity contribution is 0.321. The molecule has 0 saturated heterocycles. The first kappa shape index (κ1) is 12.7. The zero-order chi connectivity index (χ0) is 11.5. The van der Waals surface area contributed by atoms with Crippen LogP contribution in [-0.2, 0) is 0 Å². The van der Waals surface area contributed by atoms with Crippen LogP contribution in [0, 0.1) is 11.3 Å². The molecule has 0 spiro atoms. The van der Waals surface area contributed by atoms with Gasteiger partial charge in [-0.15, -0.1) is 11.3 Å². The van der Waals surface area contributed by atoms with Gasteiger partial charge < -0.3 is 5.32 Å². The zero-order valence-corrected chi connectivity index (χ0v) is 11.3. The summed E-state index contributed by atoms with van der Waals surface area (Å²) in [5.74, 6) is 0.644. The van der Waals surface area contributed by atoms with Crippen molar-refractivity contribution in [2.24, 2.45) is 11.3 Å². The third-order valence-corrected chi connectivity index (χ3v) is 3.32. The second-order valence-electron chi connectivity index (χ2n) is 5.68. The van der Waals surface area contributed by atoms with Crippen LogP contribution in [0.3, 0.4) is 0 Å². The average Bonchev–Trinajstić information content (AvgIpc) is 2.54. The first-order valence-corrected chi connectivity index (χ1v) is 6.55. The standard InChI is InChI=1S/C13H23NS/c1-10(2)12(11-7-6-8-15-11)14-9-13(3,4)5/h6-8,10,12,14H,9H2,1-5H3. The van der Waals surface area contributed by atoms with Crippen LogP contribution in [-0.4, -0.2) is 6.54 Å². The molecule has 0 amide bonds. The molecule has 15 heavy (non-hydrogen) atoms. The Morgan fingerprint density at radius 3 is 2.40 bits per heavy atom. The predicted molar refractivity (Wildman–Crippen MR) is 69.4 cm³/mol. The van der Waals surface area contributed by atoms with Crippen LogP contribution < -0.4 is 5.32 Å². The van der Waals surface area contributed by atoms with Crippen molar-refractivity contribution in [3.8, 4) is 0 Å². The SMILES string of the molecule is CC(C)C(NCC(C)(C)C)c1cccs1. The van der Waals surface area contributed by atoms with Crippen molar-refractivity contribution in [3.05, 3.63) is 22.4 Å². The van der Waals surface area contributed by atoms with Gasteiger partial charge in [-0.2, -0.15) is 0 Å². The summed E-state index contributed by atoms with van der Waals surface area (Å²) in [6, 6.07) is 4.86. The molecule has 0 aliphatic rings. The van der Waals surface area contributed by atoms with Crippen LogP contribution >= 0.6 is 11.3 Å². The van der Waals surface area contributed by atoms with Gasteiger partial charge in [0.2, 0.25) is 0 Å². The summed E-state index contributed by atoms with van der Waals surface area (Å²) in [5, 5.41) is 5.83. The Morgan fingerprint density at radius 2 is 2.00 bits per heavy atom. The van der Waals surface area contributed by atoms with Crippen LogP contribution in [0.2, 0.25) is 0 Å². The maximum atomic E-state index is 3.67. The summed E-state index contributed by atoms with van der Waals surface area (Å²) >= 11 is 1.85. The summed E-state index contributed by atoms with van der Waals surface area (Å²) < 4.78 is 0. The van der Waals surface area contributed by atoms with Crippen LogP contribution in [0.15, 0.2) is 17.5 Å². The second kappa shape index (κ2) is 5.13. The van der Waals surface area contributed by atoms with Gasteiger partial charge in [-0.25, -0.2) is 0 Å². The quantitative estimate of drug-likeness (QED) is 0.814. The molecule has 2 heteroatoms. The third kappa shape index (κ3) is 4.35. The predicted octanol–water partition coefficient (Wildman–Crippen LogP) is 4.08. The fourth-order valence-corrected chi connectivity index (χ4v) is 2.52. The van der Waals surface area contributed by atoms with E-state index in [1.54, 1.807) is 0 Å². The summed E-state index contributed by atoms with van der Waals surface area (Å²) in [6.45, 7) is 12.4.